The first kappa shape index (κ1) is 10.6. The minimum atomic E-state index is -0.0821. The number of benzene rings is 2. The Morgan fingerprint density at radius 3 is 2.75 bits per heavy atom. The van der Waals surface area contributed by atoms with Gasteiger partial charge < -0.3 is 9.84 Å². The number of hydrogen-bond acceptors (Lipinski definition) is 3. The highest BCUT2D eigenvalue weighted by Crippen LogP contribution is 2.40. The highest BCUT2D eigenvalue weighted by molar-refractivity contribution is 6.37. The van der Waals surface area contributed by atoms with Crippen LogP contribution in [0.4, 0.5) is 0 Å². The second-order valence-electron chi connectivity index (χ2n) is 3.29. The number of phenolic OH excluding ortho intramolecular Hbond substituents is 1. The first-order valence-electron chi connectivity index (χ1n) is 4.56. The molecule has 2 aromatic carbocycles. The molecule has 0 spiro atoms. The second kappa shape index (κ2) is 3.92. The molecule has 16 heavy (non-hydrogen) atoms. The number of fused-ring (bicyclic) bond motifs is 1. The van der Waals surface area contributed by atoms with Crippen molar-refractivity contribution in [3.63, 3.8) is 0 Å². The van der Waals surface area contributed by atoms with Crippen LogP contribution in [0.2, 0.25) is 5.02 Å². The Morgan fingerprint density at radius 1 is 1.38 bits per heavy atom. The van der Waals surface area contributed by atoms with Crippen LogP contribution in [-0.4, -0.2) is 12.2 Å². The van der Waals surface area contributed by atoms with E-state index < -0.39 is 0 Å². The number of aromatic hydroxyl groups is 1. The largest absolute Gasteiger partial charge is 0.503 e. The molecule has 0 heterocycles. The number of hydrogen-bond donors (Lipinski definition) is 1. The van der Waals surface area contributed by atoms with E-state index in [1.165, 1.54) is 7.11 Å². The molecule has 80 valence electrons. The SMILES string of the molecule is COc1cc2cc(C#N)ccc2c(Cl)c1O. The van der Waals surface area contributed by atoms with E-state index in [-0.39, 0.29) is 10.8 Å². The number of nitrogens with zero attached hydrogens (tertiary/aromatic N) is 1. The lowest BCUT2D eigenvalue weighted by Crippen LogP contribution is -1.86. The lowest BCUT2D eigenvalue weighted by molar-refractivity contribution is 0.374. The van der Waals surface area contributed by atoms with E-state index in [1.54, 1.807) is 24.3 Å². The van der Waals surface area contributed by atoms with E-state index >= 15 is 0 Å². The van der Waals surface area contributed by atoms with Crippen LogP contribution in [0, 0.1) is 11.3 Å². The standard InChI is InChI=1S/C12H8ClNO2/c1-16-10-5-8-4-7(6-14)2-3-9(8)11(13)12(10)15/h2-5,15H,1H3. The van der Waals surface area contributed by atoms with Gasteiger partial charge in [0.15, 0.2) is 11.5 Å². The van der Waals surface area contributed by atoms with Gasteiger partial charge in [-0.05, 0) is 23.6 Å². The minimum Gasteiger partial charge on any atom is -0.503 e. The molecule has 0 aliphatic rings. The van der Waals surface area contributed by atoms with Gasteiger partial charge in [0.1, 0.15) is 0 Å². The molecule has 0 saturated carbocycles. The van der Waals surface area contributed by atoms with Gasteiger partial charge in [0.2, 0.25) is 0 Å². The fraction of sp³-hybridized carbons (Fsp3) is 0.0833. The van der Waals surface area contributed by atoms with E-state index in [0.717, 1.165) is 5.39 Å². The van der Waals surface area contributed by atoms with Crippen LogP contribution in [0.1, 0.15) is 5.56 Å². The summed E-state index contributed by atoms with van der Waals surface area (Å²) in [6.07, 6.45) is 0. The van der Waals surface area contributed by atoms with Gasteiger partial charge in [0, 0.05) is 5.39 Å². The zero-order valence-electron chi connectivity index (χ0n) is 8.49. The zero-order valence-corrected chi connectivity index (χ0v) is 9.25. The summed E-state index contributed by atoms with van der Waals surface area (Å²) in [7, 11) is 1.45. The van der Waals surface area contributed by atoms with Crippen molar-refractivity contribution in [2.45, 2.75) is 0 Å². The van der Waals surface area contributed by atoms with E-state index in [1.807, 2.05) is 6.07 Å². The third-order valence-electron chi connectivity index (χ3n) is 2.36. The molecule has 1 N–H and O–H groups in total. The van der Waals surface area contributed by atoms with Crippen LogP contribution in [0.3, 0.4) is 0 Å². The van der Waals surface area contributed by atoms with Crippen LogP contribution in [-0.2, 0) is 0 Å². The molecule has 0 aliphatic carbocycles. The number of halogens is 1. The van der Waals surface area contributed by atoms with Gasteiger partial charge >= 0.3 is 0 Å². The monoisotopic (exact) mass is 233 g/mol. The number of ether oxygens (including phenoxy) is 1. The summed E-state index contributed by atoms with van der Waals surface area (Å²) in [4.78, 5) is 0. The van der Waals surface area contributed by atoms with Crippen molar-refractivity contribution in [1.29, 1.82) is 5.26 Å². The summed E-state index contributed by atoms with van der Waals surface area (Å²) in [5, 5.41) is 20.2. The molecule has 2 rings (SSSR count). The van der Waals surface area contributed by atoms with Crippen molar-refractivity contribution in [2.24, 2.45) is 0 Å². The molecule has 4 heteroatoms. The molecule has 2 aromatic rings. The van der Waals surface area contributed by atoms with Crippen LogP contribution in [0.25, 0.3) is 10.8 Å². The molecular formula is C12H8ClNO2. The fourth-order valence-corrected chi connectivity index (χ4v) is 1.82. The Kier molecular flexibility index (Phi) is 2.59. The molecule has 0 aliphatic heterocycles. The molecule has 0 atom stereocenters. The van der Waals surface area contributed by atoms with Gasteiger partial charge in [-0.1, -0.05) is 17.7 Å². The van der Waals surface area contributed by atoms with Crippen molar-refractivity contribution >= 4 is 22.4 Å². The Bertz CT molecular complexity index is 602. The maximum absolute atomic E-state index is 9.70. The van der Waals surface area contributed by atoms with Crippen LogP contribution < -0.4 is 4.74 Å². The van der Waals surface area contributed by atoms with Crippen molar-refractivity contribution in [3.8, 4) is 17.6 Å². The highest BCUT2D eigenvalue weighted by atomic mass is 35.5. The van der Waals surface area contributed by atoms with Crippen molar-refractivity contribution < 1.29 is 9.84 Å². The Morgan fingerprint density at radius 2 is 2.12 bits per heavy atom. The van der Waals surface area contributed by atoms with E-state index in [2.05, 4.69) is 0 Å². The van der Waals surface area contributed by atoms with Crippen LogP contribution in [0.5, 0.6) is 11.5 Å². The average molecular weight is 234 g/mol. The lowest BCUT2D eigenvalue weighted by atomic mass is 10.1. The predicted octanol–water partition coefficient (Wildman–Crippen LogP) is 3.08. The first-order valence-corrected chi connectivity index (χ1v) is 4.94. The van der Waals surface area contributed by atoms with Gasteiger partial charge in [-0.15, -0.1) is 0 Å². The van der Waals surface area contributed by atoms with E-state index in [4.69, 9.17) is 21.6 Å². The van der Waals surface area contributed by atoms with E-state index in [0.29, 0.717) is 16.7 Å². The quantitative estimate of drug-likeness (QED) is 0.824. The lowest BCUT2D eigenvalue weighted by Gasteiger charge is -2.08. The second-order valence-corrected chi connectivity index (χ2v) is 3.67. The Labute approximate surface area is 97.4 Å². The van der Waals surface area contributed by atoms with Crippen molar-refractivity contribution in [2.75, 3.05) is 7.11 Å². The summed E-state index contributed by atoms with van der Waals surface area (Å²) in [6.45, 7) is 0. The van der Waals surface area contributed by atoms with Gasteiger partial charge in [0.25, 0.3) is 0 Å². The van der Waals surface area contributed by atoms with Crippen LogP contribution >= 0.6 is 11.6 Å². The molecule has 3 nitrogen and oxygen atoms in total. The molecule has 0 bridgehead atoms. The topological polar surface area (TPSA) is 53.2 Å². The summed E-state index contributed by atoms with van der Waals surface area (Å²) >= 11 is 5.99. The minimum absolute atomic E-state index is 0.0821. The van der Waals surface area contributed by atoms with E-state index in [9.17, 15) is 5.11 Å². The van der Waals surface area contributed by atoms with Crippen LogP contribution in [0.15, 0.2) is 24.3 Å². The third-order valence-corrected chi connectivity index (χ3v) is 2.75. The van der Waals surface area contributed by atoms with Gasteiger partial charge in [-0.2, -0.15) is 5.26 Å². The fourth-order valence-electron chi connectivity index (χ4n) is 1.55. The molecule has 0 amide bonds. The summed E-state index contributed by atoms with van der Waals surface area (Å²) < 4.78 is 4.99. The number of methoxy groups -OCH3 is 1. The number of phenols is 1. The van der Waals surface area contributed by atoms with Gasteiger partial charge in [0.05, 0.1) is 23.8 Å². The summed E-state index contributed by atoms with van der Waals surface area (Å²) in [5.74, 6) is 0.217. The predicted molar refractivity (Wildman–Crippen MR) is 61.9 cm³/mol. The highest BCUT2D eigenvalue weighted by Gasteiger charge is 2.11. The molecule has 0 unspecified atom stereocenters. The molecule has 0 fully saturated rings. The summed E-state index contributed by atoms with van der Waals surface area (Å²) in [5.41, 5.74) is 0.538. The maximum Gasteiger partial charge on any atom is 0.177 e. The smallest absolute Gasteiger partial charge is 0.177 e. The number of rotatable bonds is 1. The molecular weight excluding hydrogens is 226 g/mol. The first-order chi connectivity index (χ1) is 7.67. The third kappa shape index (κ3) is 1.54. The normalized spacial score (nSPS) is 10.1. The molecule has 0 saturated heterocycles. The zero-order chi connectivity index (χ0) is 11.7. The van der Waals surface area contributed by atoms with Crippen molar-refractivity contribution in [1.82, 2.24) is 0 Å². The number of nitriles is 1. The van der Waals surface area contributed by atoms with Gasteiger partial charge in [-0.3, -0.25) is 0 Å². The Hall–Kier alpha value is -1.92. The van der Waals surface area contributed by atoms with Crippen molar-refractivity contribution in [3.05, 3.63) is 34.9 Å². The molecule has 0 radical (unpaired) electrons. The van der Waals surface area contributed by atoms with Gasteiger partial charge in [-0.25, -0.2) is 0 Å². The maximum atomic E-state index is 9.70. The average Bonchev–Trinajstić information content (AvgIpc) is 2.33. The summed E-state index contributed by atoms with van der Waals surface area (Å²) in [6, 6.07) is 8.75. The molecule has 0 aromatic heterocycles. The Balaban J connectivity index is 2.83.